The highest BCUT2D eigenvalue weighted by Crippen LogP contribution is 2.21. The molecule has 1 aromatic carbocycles. The van der Waals surface area contributed by atoms with E-state index in [1.165, 1.54) is 11.8 Å². The molecule has 1 aliphatic rings. The predicted molar refractivity (Wildman–Crippen MR) is 81.6 cm³/mol. The number of thiocarbonyl (C=S) groups is 1. The van der Waals surface area contributed by atoms with Gasteiger partial charge in [-0.15, -0.1) is 11.8 Å². The van der Waals surface area contributed by atoms with Crippen molar-refractivity contribution >= 4 is 39.9 Å². The third-order valence-electron chi connectivity index (χ3n) is 3.21. The van der Waals surface area contributed by atoms with Gasteiger partial charge in [0.05, 0.1) is 10.1 Å². The van der Waals surface area contributed by atoms with E-state index in [-0.39, 0.29) is 17.6 Å². The predicted octanol–water partition coefficient (Wildman–Crippen LogP) is 2.41. The Bertz CT molecular complexity index is 493. The van der Waals surface area contributed by atoms with Crippen LogP contribution in [0.25, 0.3) is 0 Å². The Hall–Kier alpha value is -1.20. The number of rotatable bonds is 2. The zero-order valence-electron chi connectivity index (χ0n) is 10.7. The molecule has 2 rings (SSSR count). The van der Waals surface area contributed by atoms with Gasteiger partial charge in [-0.3, -0.25) is 9.59 Å². The van der Waals surface area contributed by atoms with E-state index in [1.54, 1.807) is 17.0 Å². The fraction of sp³-hybridized carbons (Fsp3) is 0.357. The number of nitrogens with zero attached hydrogens (tertiary/aromatic N) is 1. The van der Waals surface area contributed by atoms with E-state index >= 15 is 0 Å². The van der Waals surface area contributed by atoms with Gasteiger partial charge in [0.25, 0.3) is 5.91 Å². The monoisotopic (exact) mass is 293 g/mol. The van der Waals surface area contributed by atoms with Gasteiger partial charge >= 0.3 is 0 Å². The maximum absolute atomic E-state index is 12.3. The van der Waals surface area contributed by atoms with Gasteiger partial charge < -0.3 is 4.90 Å². The Morgan fingerprint density at radius 2 is 2.05 bits per heavy atom. The molecule has 0 spiro atoms. The molecule has 0 bridgehead atoms. The molecule has 1 aliphatic heterocycles. The molecule has 1 saturated heterocycles. The van der Waals surface area contributed by atoms with Crippen molar-refractivity contribution in [1.82, 2.24) is 4.90 Å². The number of Topliss-reactive ketones (excluding diaryl/α,β-unsaturated/α-hetero) is 1. The van der Waals surface area contributed by atoms with E-state index in [4.69, 9.17) is 12.2 Å². The summed E-state index contributed by atoms with van der Waals surface area (Å²) in [5, 5.41) is 0. The lowest BCUT2D eigenvalue weighted by Gasteiger charge is -2.31. The van der Waals surface area contributed by atoms with E-state index in [0.29, 0.717) is 29.3 Å². The highest BCUT2D eigenvalue weighted by molar-refractivity contribution is 8.22. The molecule has 1 heterocycles. The average Bonchev–Trinajstić information content (AvgIpc) is 2.47. The summed E-state index contributed by atoms with van der Waals surface area (Å²) in [6.07, 6.45) is 2.26. The summed E-state index contributed by atoms with van der Waals surface area (Å²) in [5.74, 6) is -0.176. The van der Waals surface area contributed by atoms with Crippen LogP contribution in [0.2, 0.25) is 0 Å². The Labute approximate surface area is 122 Å². The number of carbonyl (C=O) groups excluding carboxylic acids is 2. The van der Waals surface area contributed by atoms with Crippen LogP contribution in [0.1, 0.15) is 16.8 Å². The molecular weight excluding hydrogens is 278 g/mol. The first-order valence-corrected chi connectivity index (χ1v) is 7.71. The van der Waals surface area contributed by atoms with E-state index in [2.05, 4.69) is 0 Å². The van der Waals surface area contributed by atoms with E-state index < -0.39 is 0 Å². The first-order valence-electron chi connectivity index (χ1n) is 6.08. The molecule has 1 aromatic rings. The minimum atomic E-state index is -0.300. The van der Waals surface area contributed by atoms with Crippen LogP contribution in [0.15, 0.2) is 30.3 Å². The number of piperidine rings is 1. The molecule has 0 aliphatic carbocycles. The first kappa shape index (κ1) is 14.2. The van der Waals surface area contributed by atoms with Crippen molar-refractivity contribution < 1.29 is 9.59 Å². The molecule has 5 heteroatoms. The lowest BCUT2D eigenvalue weighted by molar-refractivity contribution is -0.123. The lowest BCUT2D eigenvalue weighted by Crippen LogP contribution is -2.46. The van der Waals surface area contributed by atoms with Gasteiger partial charge in [-0.2, -0.15) is 0 Å². The third-order valence-corrected chi connectivity index (χ3v) is 4.68. The first-order chi connectivity index (χ1) is 9.13. The largest absolute Gasteiger partial charge is 0.337 e. The van der Waals surface area contributed by atoms with Gasteiger partial charge in [-0.1, -0.05) is 30.4 Å². The van der Waals surface area contributed by atoms with Gasteiger partial charge in [0.15, 0.2) is 0 Å². The minimum absolute atomic E-state index is 0.0259. The average molecular weight is 293 g/mol. The van der Waals surface area contributed by atoms with Crippen LogP contribution in [0.5, 0.6) is 0 Å². The molecule has 0 saturated carbocycles. The topological polar surface area (TPSA) is 37.4 Å². The molecular formula is C14H15NO2S2. The van der Waals surface area contributed by atoms with Crippen LogP contribution < -0.4 is 0 Å². The Balaban J connectivity index is 2.12. The Morgan fingerprint density at radius 3 is 2.68 bits per heavy atom. The van der Waals surface area contributed by atoms with Crippen molar-refractivity contribution in [2.45, 2.75) is 6.42 Å². The maximum atomic E-state index is 12.3. The van der Waals surface area contributed by atoms with E-state index in [1.807, 2.05) is 24.5 Å². The Kier molecular flexibility index (Phi) is 4.71. The van der Waals surface area contributed by atoms with Crippen LogP contribution in [0.4, 0.5) is 0 Å². The zero-order chi connectivity index (χ0) is 13.8. The number of hydrogen-bond acceptors (Lipinski definition) is 4. The number of likely N-dealkylation sites (tertiary alicyclic amines) is 1. The van der Waals surface area contributed by atoms with Crippen molar-refractivity contribution in [3.63, 3.8) is 0 Å². The zero-order valence-corrected chi connectivity index (χ0v) is 12.3. The minimum Gasteiger partial charge on any atom is -0.337 e. The summed E-state index contributed by atoms with van der Waals surface area (Å²) in [4.78, 5) is 25.9. The molecule has 1 amide bonds. The van der Waals surface area contributed by atoms with Gasteiger partial charge in [0.2, 0.25) is 0 Å². The summed E-state index contributed by atoms with van der Waals surface area (Å²) in [7, 11) is 0. The second kappa shape index (κ2) is 6.30. The number of amides is 1. The fourth-order valence-corrected chi connectivity index (χ4v) is 2.83. The summed E-state index contributed by atoms with van der Waals surface area (Å²) >= 11 is 6.63. The molecule has 19 heavy (non-hydrogen) atoms. The van der Waals surface area contributed by atoms with E-state index in [0.717, 1.165) is 0 Å². The number of thioether (sulfide) groups is 1. The third kappa shape index (κ3) is 3.22. The molecule has 1 atom stereocenters. The molecule has 0 radical (unpaired) electrons. The van der Waals surface area contributed by atoms with E-state index in [9.17, 15) is 9.59 Å². The second-order valence-electron chi connectivity index (χ2n) is 4.41. The van der Waals surface area contributed by atoms with Gasteiger partial charge in [-0.25, -0.2) is 0 Å². The van der Waals surface area contributed by atoms with Crippen molar-refractivity contribution in [1.29, 1.82) is 0 Å². The van der Waals surface area contributed by atoms with Gasteiger partial charge in [-0.05, 0) is 18.4 Å². The van der Waals surface area contributed by atoms with Crippen molar-refractivity contribution in [2.75, 3.05) is 19.3 Å². The fourth-order valence-electron chi connectivity index (χ4n) is 2.13. The van der Waals surface area contributed by atoms with Crippen LogP contribution in [-0.4, -0.2) is 40.1 Å². The summed E-state index contributed by atoms with van der Waals surface area (Å²) in [6, 6.07) is 9.14. The number of ketones is 1. The highest BCUT2D eigenvalue weighted by Gasteiger charge is 2.32. The molecule has 0 N–H and O–H groups in total. The van der Waals surface area contributed by atoms with Crippen molar-refractivity contribution in [3.05, 3.63) is 35.9 Å². The quantitative estimate of drug-likeness (QED) is 0.785. The number of hydrogen-bond donors (Lipinski definition) is 0. The van der Waals surface area contributed by atoms with Gasteiger partial charge in [0, 0.05) is 25.1 Å². The SMILES string of the molecule is CSC(=S)C1CN(C(=O)c2ccccc2)CCC1=O. The van der Waals surface area contributed by atoms with Crippen LogP contribution >= 0.6 is 24.0 Å². The summed E-state index contributed by atoms with van der Waals surface area (Å²) in [5.41, 5.74) is 0.658. The summed E-state index contributed by atoms with van der Waals surface area (Å²) in [6.45, 7) is 0.895. The second-order valence-corrected chi connectivity index (χ2v) is 5.96. The van der Waals surface area contributed by atoms with Gasteiger partial charge in [0.1, 0.15) is 5.78 Å². The number of carbonyl (C=O) groups is 2. The number of benzene rings is 1. The molecule has 3 nitrogen and oxygen atoms in total. The van der Waals surface area contributed by atoms with Crippen molar-refractivity contribution in [2.24, 2.45) is 5.92 Å². The van der Waals surface area contributed by atoms with Crippen LogP contribution in [0, 0.1) is 5.92 Å². The molecule has 1 unspecified atom stereocenters. The van der Waals surface area contributed by atoms with Crippen LogP contribution in [-0.2, 0) is 4.79 Å². The summed E-state index contributed by atoms with van der Waals surface area (Å²) < 4.78 is 0.676. The van der Waals surface area contributed by atoms with Crippen LogP contribution in [0.3, 0.4) is 0 Å². The highest BCUT2D eigenvalue weighted by atomic mass is 32.2. The van der Waals surface area contributed by atoms with Crippen molar-refractivity contribution in [3.8, 4) is 0 Å². The molecule has 100 valence electrons. The lowest BCUT2D eigenvalue weighted by atomic mass is 9.97. The Morgan fingerprint density at radius 1 is 1.37 bits per heavy atom. The standard InChI is InChI=1S/C14H15NO2S2/c1-19-14(18)11-9-15(8-7-12(11)16)13(17)10-5-3-2-4-6-10/h2-6,11H,7-9H2,1H3. The molecule has 1 fully saturated rings. The smallest absolute Gasteiger partial charge is 0.253 e. The normalized spacial score (nSPS) is 19.3. The maximum Gasteiger partial charge on any atom is 0.253 e. The molecule has 0 aromatic heterocycles.